The number of nitrogens with one attached hydrogen (secondary N) is 1. The van der Waals surface area contributed by atoms with Crippen molar-refractivity contribution in [1.82, 2.24) is 0 Å². The fourth-order valence-electron chi connectivity index (χ4n) is 0.884. The van der Waals surface area contributed by atoms with Gasteiger partial charge in [0.25, 0.3) is 0 Å². The SMILES string of the molecule is CC(C#N)Nc1c(F)cccc1F. The van der Waals surface area contributed by atoms with Crippen LogP contribution in [0.4, 0.5) is 14.5 Å². The van der Waals surface area contributed by atoms with Gasteiger partial charge < -0.3 is 5.32 Å². The minimum atomic E-state index is -0.692. The topological polar surface area (TPSA) is 35.8 Å². The van der Waals surface area contributed by atoms with Crippen LogP contribution < -0.4 is 5.32 Å². The van der Waals surface area contributed by atoms with E-state index in [1.807, 2.05) is 6.07 Å². The predicted octanol–water partition coefficient (Wildman–Crippen LogP) is 2.29. The second kappa shape index (κ2) is 3.85. The van der Waals surface area contributed by atoms with Crippen molar-refractivity contribution in [2.75, 3.05) is 5.32 Å². The molecule has 1 rings (SSSR count). The fraction of sp³-hybridized carbons (Fsp3) is 0.222. The maximum Gasteiger partial charge on any atom is 0.149 e. The summed E-state index contributed by atoms with van der Waals surface area (Å²) in [4.78, 5) is 0. The molecule has 0 aliphatic heterocycles. The highest BCUT2D eigenvalue weighted by atomic mass is 19.1. The number of nitriles is 1. The summed E-state index contributed by atoms with van der Waals surface area (Å²) in [5.74, 6) is -1.38. The Morgan fingerprint density at radius 2 is 1.92 bits per heavy atom. The summed E-state index contributed by atoms with van der Waals surface area (Å²) in [6.45, 7) is 1.52. The molecule has 0 bridgehead atoms. The van der Waals surface area contributed by atoms with E-state index in [1.165, 1.54) is 13.0 Å². The number of rotatable bonds is 2. The van der Waals surface area contributed by atoms with Crippen LogP contribution in [0.3, 0.4) is 0 Å². The molecule has 0 spiro atoms. The van der Waals surface area contributed by atoms with E-state index in [2.05, 4.69) is 5.32 Å². The van der Waals surface area contributed by atoms with Crippen molar-refractivity contribution in [2.45, 2.75) is 13.0 Å². The summed E-state index contributed by atoms with van der Waals surface area (Å²) >= 11 is 0. The molecule has 4 heteroatoms. The van der Waals surface area contributed by atoms with Gasteiger partial charge in [0, 0.05) is 0 Å². The Balaban J connectivity index is 2.95. The molecule has 68 valence electrons. The van der Waals surface area contributed by atoms with Gasteiger partial charge in [-0.25, -0.2) is 8.78 Å². The van der Waals surface area contributed by atoms with Gasteiger partial charge in [-0.1, -0.05) is 6.07 Å². The molecular formula is C9H8F2N2. The number of halogens is 2. The van der Waals surface area contributed by atoms with Crippen molar-refractivity contribution in [3.8, 4) is 6.07 Å². The second-order valence-electron chi connectivity index (χ2n) is 2.59. The molecule has 1 atom stereocenters. The highest BCUT2D eigenvalue weighted by Crippen LogP contribution is 2.18. The van der Waals surface area contributed by atoms with Gasteiger partial charge in [0.05, 0.1) is 6.07 Å². The summed E-state index contributed by atoms with van der Waals surface area (Å²) < 4.78 is 25.9. The first-order valence-electron chi connectivity index (χ1n) is 3.75. The van der Waals surface area contributed by atoms with Crippen LogP contribution in [0.2, 0.25) is 0 Å². The summed E-state index contributed by atoms with van der Waals surface area (Å²) in [5, 5.41) is 10.8. The zero-order valence-electron chi connectivity index (χ0n) is 7.01. The van der Waals surface area contributed by atoms with Gasteiger partial charge >= 0.3 is 0 Å². The monoisotopic (exact) mass is 182 g/mol. The Bertz CT molecular complexity index is 324. The van der Waals surface area contributed by atoms with Crippen molar-refractivity contribution in [3.05, 3.63) is 29.8 Å². The average Bonchev–Trinajstić information content (AvgIpc) is 2.11. The lowest BCUT2D eigenvalue weighted by Crippen LogP contribution is -2.14. The molecular weight excluding hydrogens is 174 g/mol. The lowest BCUT2D eigenvalue weighted by molar-refractivity contribution is 0.587. The third kappa shape index (κ3) is 2.15. The number of para-hydroxylation sites is 1. The molecule has 2 nitrogen and oxygen atoms in total. The second-order valence-corrected chi connectivity index (χ2v) is 2.59. The molecule has 1 aromatic carbocycles. The molecule has 0 fully saturated rings. The van der Waals surface area contributed by atoms with E-state index in [4.69, 9.17) is 5.26 Å². The Kier molecular flexibility index (Phi) is 2.80. The quantitative estimate of drug-likeness (QED) is 0.761. The number of anilines is 1. The van der Waals surface area contributed by atoms with Gasteiger partial charge in [-0.05, 0) is 19.1 Å². The van der Waals surface area contributed by atoms with Crippen LogP contribution in [-0.4, -0.2) is 6.04 Å². The molecule has 0 saturated carbocycles. The Morgan fingerprint density at radius 3 is 2.38 bits per heavy atom. The molecule has 0 radical (unpaired) electrons. The van der Waals surface area contributed by atoms with Crippen molar-refractivity contribution < 1.29 is 8.78 Å². The molecule has 0 aliphatic rings. The van der Waals surface area contributed by atoms with Gasteiger partial charge in [0.1, 0.15) is 23.4 Å². The Morgan fingerprint density at radius 1 is 1.38 bits per heavy atom. The van der Waals surface area contributed by atoms with Crippen LogP contribution in [0, 0.1) is 23.0 Å². The van der Waals surface area contributed by atoms with Crippen molar-refractivity contribution in [2.24, 2.45) is 0 Å². The highest BCUT2D eigenvalue weighted by Gasteiger charge is 2.09. The van der Waals surface area contributed by atoms with Crippen LogP contribution in [0.5, 0.6) is 0 Å². The summed E-state index contributed by atoms with van der Waals surface area (Å²) in [5.41, 5.74) is -0.253. The van der Waals surface area contributed by atoms with E-state index < -0.39 is 17.7 Å². The molecule has 1 unspecified atom stereocenters. The third-order valence-electron chi connectivity index (χ3n) is 1.52. The van der Waals surface area contributed by atoms with E-state index in [0.717, 1.165) is 12.1 Å². The van der Waals surface area contributed by atoms with E-state index >= 15 is 0 Å². The first-order valence-corrected chi connectivity index (χ1v) is 3.75. The summed E-state index contributed by atoms with van der Waals surface area (Å²) in [6, 6.07) is 4.74. The first-order chi connectivity index (χ1) is 6.15. The molecule has 1 aromatic rings. The third-order valence-corrected chi connectivity index (χ3v) is 1.52. The number of hydrogen-bond donors (Lipinski definition) is 1. The molecule has 0 heterocycles. The van der Waals surface area contributed by atoms with Gasteiger partial charge in [-0.15, -0.1) is 0 Å². The van der Waals surface area contributed by atoms with Crippen LogP contribution in [-0.2, 0) is 0 Å². The molecule has 0 saturated heterocycles. The number of benzene rings is 1. The minimum absolute atomic E-state index is 0.253. The largest absolute Gasteiger partial charge is 0.365 e. The summed E-state index contributed by atoms with van der Waals surface area (Å²) in [6.07, 6.45) is 0. The Hall–Kier alpha value is -1.63. The highest BCUT2D eigenvalue weighted by molar-refractivity contribution is 5.47. The fourth-order valence-corrected chi connectivity index (χ4v) is 0.884. The van der Waals surface area contributed by atoms with E-state index in [0.29, 0.717) is 0 Å². The van der Waals surface area contributed by atoms with E-state index in [1.54, 1.807) is 0 Å². The minimum Gasteiger partial charge on any atom is -0.365 e. The lowest BCUT2D eigenvalue weighted by atomic mass is 10.2. The standard InChI is InChI=1S/C9H8F2N2/c1-6(5-12)13-9-7(10)3-2-4-8(9)11/h2-4,6,13H,1H3. The Labute approximate surface area is 74.8 Å². The lowest BCUT2D eigenvalue weighted by Gasteiger charge is -2.09. The van der Waals surface area contributed by atoms with Gasteiger partial charge in [0.2, 0.25) is 0 Å². The van der Waals surface area contributed by atoms with Crippen LogP contribution in [0.25, 0.3) is 0 Å². The first kappa shape index (κ1) is 9.46. The normalized spacial score (nSPS) is 11.8. The maximum absolute atomic E-state index is 12.9. The van der Waals surface area contributed by atoms with Gasteiger partial charge in [-0.3, -0.25) is 0 Å². The summed E-state index contributed by atoms with van der Waals surface area (Å²) in [7, 11) is 0. The van der Waals surface area contributed by atoms with Gasteiger partial charge in [-0.2, -0.15) is 5.26 Å². The maximum atomic E-state index is 12.9. The van der Waals surface area contributed by atoms with Crippen molar-refractivity contribution in [3.63, 3.8) is 0 Å². The van der Waals surface area contributed by atoms with Crippen molar-refractivity contribution >= 4 is 5.69 Å². The van der Waals surface area contributed by atoms with E-state index in [9.17, 15) is 8.78 Å². The molecule has 0 aliphatic carbocycles. The molecule has 0 amide bonds. The molecule has 0 aromatic heterocycles. The zero-order chi connectivity index (χ0) is 9.84. The molecule has 13 heavy (non-hydrogen) atoms. The van der Waals surface area contributed by atoms with Crippen molar-refractivity contribution in [1.29, 1.82) is 5.26 Å². The smallest absolute Gasteiger partial charge is 0.149 e. The predicted molar refractivity (Wildman–Crippen MR) is 45.1 cm³/mol. The van der Waals surface area contributed by atoms with Crippen LogP contribution >= 0.6 is 0 Å². The van der Waals surface area contributed by atoms with Gasteiger partial charge in [0.15, 0.2) is 0 Å². The van der Waals surface area contributed by atoms with Crippen LogP contribution in [0.1, 0.15) is 6.92 Å². The molecule has 1 N–H and O–H groups in total. The number of hydrogen-bond acceptors (Lipinski definition) is 2. The number of nitrogens with zero attached hydrogens (tertiary/aromatic N) is 1. The average molecular weight is 182 g/mol. The van der Waals surface area contributed by atoms with Crippen LogP contribution in [0.15, 0.2) is 18.2 Å². The van der Waals surface area contributed by atoms with E-state index in [-0.39, 0.29) is 5.69 Å². The zero-order valence-corrected chi connectivity index (χ0v) is 7.01.